The molecule has 4 heterocycles. The van der Waals surface area contributed by atoms with Crippen molar-refractivity contribution in [3.8, 4) is 10.6 Å². The van der Waals surface area contributed by atoms with Gasteiger partial charge in [-0.25, -0.2) is 15.0 Å². The van der Waals surface area contributed by atoms with Crippen LogP contribution in [0.25, 0.3) is 21.7 Å². The highest BCUT2D eigenvalue weighted by molar-refractivity contribution is 7.17. The fourth-order valence-corrected chi connectivity index (χ4v) is 4.19. The minimum absolute atomic E-state index is 0.0179. The molecule has 2 amide bonds. The van der Waals surface area contributed by atoms with Crippen LogP contribution in [0.5, 0.6) is 0 Å². The molecule has 178 valence electrons. The van der Waals surface area contributed by atoms with Crippen molar-refractivity contribution in [2.75, 3.05) is 0 Å². The van der Waals surface area contributed by atoms with Crippen LogP contribution in [0.1, 0.15) is 54.6 Å². The molecule has 4 aromatic rings. The van der Waals surface area contributed by atoms with Gasteiger partial charge in [0.15, 0.2) is 5.65 Å². The molecule has 9 nitrogen and oxygen atoms in total. The molecule has 34 heavy (non-hydrogen) atoms. The van der Waals surface area contributed by atoms with E-state index in [-0.39, 0.29) is 29.3 Å². The Morgan fingerprint density at radius 2 is 1.97 bits per heavy atom. The van der Waals surface area contributed by atoms with Gasteiger partial charge in [-0.05, 0) is 31.4 Å². The third-order valence-corrected chi connectivity index (χ3v) is 6.88. The predicted molar refractivity (Wildman–Crippen MR) is 133 cm³/mol. The number of aromatic amines is 1. The van der Waals surface area contributed by atoms with Gasteiger partial charge in [-0.3, -0.25) is 9.59 Å². The lowest BCUT2D eigenvalue weighted by Crippen LogP contribution is -2.41. The second-order valence-electron chi connectivity index (χ2n) is 9.51. The first-order valence-corrected chi connectivity index (χ1v) is 12.0. The molecule has 0 fully saturated rings. The third-order valence-electron chi connectivity index (χ3n) is 5.78. The summed E-state index contributed by atoms with van der Waals surface area (Å²) in [4.78, 5) is 43.1. The van der Waals surface area contributed by atoms with Crippen molar-refractivity contribution in [3.63, 3.8) is 0 Å². The minimum Gasteiger partial charge on any atom is -0.349 e. The van der Waals surface area contributed by atoms with E-state index in [1.165, 1.54) is 11.3 Å². The summed E-state index contributed by atoms with van der Waals surface area (Å²) in [5.74, 6) is -0.339. The Labute approximate surface area is 202 Å². The number of carbonyl (C=O) groups excluding carboxylic acids is 2. The summed E-state index contributed by atoms with van der Waals surface area (Å²) in [7, 11) is 0. The van der Waals surface area contributed by atoms with Gasteiger partial charge in [0.05, 0.1) is 33.5 Å². The van der Waals surface area contributed by atoms with Crippen molar-refractivity contribution in [2.24, 2.45) is 5.41 Å². The van der Waals surface area contributed by atoms with Gasteiger partial charge in [0.2, 0.25) is 0 Å². The number of fused-ring (bicyclic) bond motifs is 1. The van der Waals surface area contributed by atoms with E-state index < -0.39 is 0 Å². The molecule has 0 bridgehead atoms. The number of amides is 2. The van der Waals surface area contributed by atoms with E-state index in [0.29, 0.717) is 33.8 Å². The van der Waals surface area contributed by atoms with E-state index in [9.17, 15) is 9.59 Å². The zero-order chi connectivity index (χ0) is 24.5. The highest BCUT2D eigenvalue weighted by Crippen LogP contribution is 2.28. The number of hydrogen-bond donors (Lipinski definition) is 3. The van der Waals surface area contributed by atoms with Crippen molar-refractivity contribution in [2.45, 2.75) is 53.2 Å². The first-order valence-electron chi connectivity index (χ1n) is 11.1. The zero-order valence-corrected chi connectivity index (χ0v) is 20.7. The molecule has 2 unspecified atom stereocenters. The van der Waals surface area contributed by atoms with E-state index in [2.05, 4.69) is 46.4 Å². The second kappa shape index (κ2) is 9.38. The van der Waals surface area contributed by atoms with Gasteiger partial charge in [-0.2, -0.15) is 0 Å². The van der Waals surface area contributed by atoms with Crippen LogP contribution in [-0.2, 0) is 6.54 Å². The maximum absolute atomic E-state index is 12.9. The summed E-state index contributed by atoms with van der Waals surface area (Å²) >= 11 is 1.34. The molecule has 0 aliphatic heterocycles. The van der Waals surface area contributed by atoms with Gasteiger partial charge in [-0.1, -0.05) is 20.8 Å². The molecule has 10 heteroatoms. The van der Waals surface area contributed by atoms with Gasteiger partial charge in [0.1, 0.15) is 5.52 Å². The van der Waals surface area contributed by atoms with Crippen LogP contribution in [-0.4, -0.2) is 48.4 Å². The molecule has 0 saturated heterocycles. The topological polar surface area (TPSA) is 118 Å². The maximum Gasteiger partial charge on any atom is 0.261 e. The Morgan fingerprint density at radius 1 is 1.18 bits per heavy atom. The molecule has 0 radical (unpaired) electrons. The Balaban J connectivity index is 1.50. The molecule has 0 saturated carbocycles. The first-order chi connectivity index (χ1) is 16.1. The molecule has 4 aromatic heterocycles. The minimum atomic E-state index is -0.196. The average Bonchev–Trinajstić information content (AvgIpc) is 3.52. The van der Waals surface area contributed by atoms with Crippen LogP contribution >= 0.6 is 11.3 Å². The number of H-pyrrole nitrogens is 1. The molecule has 3 N–H and O–H groups in total. The SMILES string of the molecule is CC(Cn1ccnc1)NC(=O)c1ccc(-c2cnc3[nH]cc(C(=O)NC(C)C(C)(C)C)c3n2)s1. The van der Waals surface area contributed by atoms with Crippen LogP contribution in [0.4, 0.5) is 0 Å². The van der Waals surface area contributed by atoms with Gasteiger partial charge < -0.3 is 20.2 Å². The van der Waals surface area contributed by atoms with Crippen molar-refractivity contribution < 1.29 is 9.59 Å². The molecule has 4 rings (SSSR count). The van der Waals surface area contributed by atoms with E-state index >= 15 is 0 Å². The van der Waals surface area contributed by atoms with Crippen LogP contribution in [0.2, 0.25) is 0 Å². The average molecular weight is 480 g/mol. The quantitative estimate of drug-likeness (QED) is 0.372. The number of carbonyl (C=O) groups is 2. The number of aromatic nitrogens is 5. The lowest BCUT2D eigenvalue weighted by Gasteiger charge is -2.27. The lowest BCUT2D eigenvalue weighted by molar-refractivity contribution is 0.0909. The van der Waals surface area contributed by atoms with Gasteiger partial charge in [-0.15, -0.1) is 11.3 Å². The normalized spacial score (nSPS) is 13.6. The summed E-state index contributed by atoms with van der Waals surface area (Å²) < 4.78 is 1.92. The van der Waals surface area contributed by atoms with Gasteiger partial charge >= 0.3 is 0 Å². The fraction of sp³-hybridized carbons (Fsp3) is 0.375. The number of rotatable bonds is 7. The van der Waals surface area contributed by atoms with Crippen LogP contribution in [0, 0.1) is 5.41 Å². The maximum atomic E-state index is 12.9. The van der Waals surface area contributed by atoms with Crippen LogP contribution in [0.15, 0.2) is 43.2 Å². The molecule has 0 aromatic carbocycles. The Kier molecular flexibility index (Phi) is 6.52. The summed E-state index contributed by atoms with van der Waals surface area (Å²) in [5.41, 5.74) is 2.04. The van der Waals surface area contributed by atoms with Crippen molar-refractivity contribution in [1.29, 1.82) is 0 Å². The number of nitrogens with one attached hydrogen (secondary N) is 3. The molecule has 0 aliphatic carbocycles. The number of hydrogen-bond acceptors (Lipinski definition) is 6. The summed E-state index contributed by atoms with van der Waals surface area (Å²) in [5, 5.41) is 6.05. The van der Waals surface area contributed by atoms with E-state index in [1.807, 2.05) is 30.7 Å². The van der Waals surface area contributed by atoms with E-state index in [0.717, 1.165) is 4.88 Å². The van der Waals surface area contributed by atoms with Gasteiger partial charge in [0.25, 0.3) is 11.8 Å². The van der Waals surface area contributed by atoms with Crippen molar-refractivity contribution in [3.05, 3.63) is 53.7 Å². The highest BCUT2D eigenvalue weighted by Gasteiger charge is 2.24. The molecule has 0 spiro atoms. The monoisotopic (exact) mass is 479 g/mol. The Bertz CT molecular complexity index is 1300. The Hall–Kier alpha value is -3.53. The van der Waals surface area contributed by atoms with Crippen LogP contribution in [0.3, 0.4) is 0 Å². The van der Waals surface area contributed by atoms with Crippen LogP contribution < -0.4 is 10.6 Å². The lowest BCUT2D eigenvalue weighted by atomic mass is 9.88. The standard InChI is InChI=1S/C24H29N7O2S/c1-14(12-31-9-8-25-13-31)28-23(33)19-7-6-18(34-19)17-11-27-21-20(30-17)16(10-26-21)22(32)29-15(2)24(3,4)5/h6-11,13-15H,12H2,1-5H3,(H,26,27)(H,28,33)(H,29,32). The van der Waals surface area contributed by atoms with E-state index in [4.69, 9.17) is 4.98 Å². The predicted octanol–water partition coefficient (Wildman–Crippen LogP) is 3.87. The zero-order valence-electron chi connectivity index (χ0n) is 19.9. The smallest absolute Gasteiger partial charge is 0.261 e. The molecular formula is C24H29N7O2S. The summed E-state index contributed by atoms with van der Waals surface area (Å²) in [6, 6.07) is 3.56. The van der Waals surface area contributed by atoms with Crippen molar-refractivity contribution >= 4 is 34.3 Å². The first kappa shape index (κ1) is 23.6. The Morgan fingerprint density at radius 3 is 2.68 bits per heavy atom. The second-order valence-corrected chi connectivity index (χ2v) is 10.6. The number of imidazole rings is 1. The van der Waals surface area contributed by atoms with E-state index in [1.54, 1.807) is 31.0 Å². The molecule has 2 atom stereocenters. The molecular weight excluding hydrogens is 450 g/mol. The molecule has 0 aliphatic rings. The summed E-state index contributed by atoms with van der Waals surface area (Å²) in [6.45, 7) is 10.8. The highest BCUT2D eigenvalue weighted by atomic mass is 32.1. The summed E-state index contributed by atoms with van der Waals surface area (Å²) in [6.07, 6.45) is 8.57. The largest absolute Gasteiger partial charge is 0.349 e. The third kappa shape index (κ3) is 5.17. The fourth-order valence-electron chi connectivity index (χ4n) is 3.32. The van der Waals surface area contributed by atoms with Crippen molar-refractivity contribution in [1.82, 2.24) is 35.1 Å². The van der Waals surface area contributed by atoms with Gasteiger partial charge in [0, 0.05) is 37.2 Å². The number of thiophene rings is 1. The number of nitrogens with zero attached hydrogens (tertiary/aromatic N) is 4.